The zero-order valence-corrected chi connectivity index (χ0v) is 16.3. The largest absolute Gasteiger partial charge is 0.378 e. The summed E-state index contributed by atoms with van der Waals surface area (Å²) in [5, 5.41) is 0. The minimum Gasteiger partial charge on any atom is -0.378 e. The van der Waals surface area contributed by atoms with Gasteiger partial charge in [0.2, 0.25) is 0 Å². The highest BCUT2D eigenvalue weighted by Gasteiger charge is 2.61. The maximum Gasteiger partial charge on any atom is 0.309 e. The summed E-state index contributed by atoms with van der Waals surface area (Å²) in [6.07, 6.45) is 0. The molecule has 0 aromatic carbocycles. The zero-order chi connectivity index (χ0) is 16.8. The fourth-order valence-corrected chi connectivity index (χ4v) is 9.15. The van der Waals surface area contributed by atoms with Gasteiger partial charge in [0, 0.05) is 13.1 Å². The van der Waals surface area contributed by atoms with Crippen LogP contribution < -0.4 is 0 Å². The smallest absolute Gasteiger partial charge is 0.309 e. The maximum absolute atomic E-state index is 5.69. The molecule has 0 unspecified atom stereocenters. The Balaban J connectivity index is 1.98. The first-order valence-electron chi connectivity index (χ1n) is 9.48. The summed E-state index contributed by atoms with van der Waals surface area (Å²) in [4.78, 5) is 0. The molecule has 8 heteroatoms. The molecule has 3 rings (SSSR count). The molecule has 3 heterocycles. The summed E-state index contributed by atoms with van der Waals surface area (Å²) < 4.78 is 28.0. The molecule has 0 saturated carbocycles. The molecule has 0 aliphatic carbocycles. The lowest BCUT2D eigenvalue weighted by atomic mass is 10.5. The van der Waals surface area contributed by atoms with Gasteiger partial charge in [0.25, 0.3) is 0 Å². The third-order valence-electron chi connectivity index (χ3n) is 5.21. The molecule has 0 aromatic rings. The first kappa shape index (κ1) is 18.9. The molecule has 7 nitrogen and oxygen atoms in total. The van der Waals surface area contributed by atoms with Crippen LogP contribution in [-0.4, -0.2) is 111 Å². The Morgan fingerprint density at radius 2 is 0.917 bits per heavy atom. The van der Waals surface area contributed by atoms with Crippen molar-refractivity contribution < 1.29 is 14.2 Å². The van der Waals surface area contributed by atoms with Gasteiger partial charge < -0.3 is 14.2 Å². The van der Waals surface area contributed by atoms with Crippen molar-refractivity contribution in [3.8, 4) is 0 Å². The Morgan fingerprint density at radius 1 is 0.625 bits per heavy atom. The molecule has 3 aliphatic rings. The first-order valence-corrected chi connectivity index (χ1v) is 11.1. The Labute approximate surface area is 147 Å². The van der Waals surface area contributed by atoms with Gasteiger partial charge in [0.15, 0.2) is 0 Å². The van der Waals surface area contributed by atoms with Crippen molar-refractivity contribution in [3.63, 3.8) is 0 Å². The van der Waals surface area contributed by atoms with E-state index in [4.69, 9.17) is 14.2 Å². The van der Waals surface area contributed by atoms with Gasteiger partial charge in [0.1, 0.15) is 0 Å². The van der Waals surface area contributed by atoms with E-state index in [1.165, 1.54) is 0 Å². The minimum absolute atomic E-state index is 0.845. The fourth-order valence-electron chi connectivity index (χ4n) is 4.14. The second-order valence-electron chi connectivity index (χ2n) is 6.37. The Morgan fingerprint density at radius 3 is 1.17 bits per heavy atom. The molecule has 3 saturated heterocycles. The standard InChI is InChI=1S/C16H34N4O3P/c1-3-17(4-2)24(18-5-11-21-12-6-18,19-7-13-22-14-8-19)20-9-15-23-16-10-20/h3-16H2,1-2H3/q+1. The van der Waals surface area contributed by atoms with Crippen LogP contribution in [0.5, 0.6) is 0 Å². The van der Waals surface area contributed by atoms with Crippen LogP contribution in [-0.2, 0) is 14.2 Å². The van der Waals surface area contributed by atoms with Gasteiger partial charge in [-0.1, -0.05) is 0 Å². The predicted molar refractivity (Wildman–Crippen MR) is 97.0 cm³/mol. The molecule has 24 heavy (non-hydrogen) atoms. The summed E-state index contributed by atoms with van der Waals surface area (Å²) in [7, 11) is -1.74. The van der Waals surface area contributed by atoms with Gasteiger partial charge >= 0.3 is 7.87 Å². The average molecular weight is 361 g/mol. The third kappa shape index (κ3) is 3.64. The topological polar surface area (TPSA) is 40.7 Å². The molecule has 0 amide bonds. The Hall–Kier alpha value is 0.150. The molecular formula is C16H34N4O3P+. The Bertz CT molecular complexity index is 323. The average Bonchev–Trinajstić information content (AvgIpc) is 2.68. The van der Waals surface area contributed by atoms with E-state index >= 15 is 0 Å². The summed E-state index contributed by atoms with van der Waals surface area (Å²) in [5.41, 5.74) is 0. The Kier molecular flexibility index (Phi) is 7.25. The lowest BCUT2D eigenvalue weighted by Crippen LogP contribution is -2.58. The minimum atomic E-state index is -1.74. The van der Waals surface area contributed by atoms with E-state index in [-0.39, 0.29) is 0 Å². The van der Waals surface area contributed by atoms with Crippen LogP contribution in [0.15, 0.2) is 0 Å². The zero-order valence-electron chi connectivity index (χ0n) is 15.4. The van der Waals surface area contributed by atoms with Crippen LogP contribution in [0.25, 0.3) is 0 Å². The summed E-state index contributed by atoms with van der Waals surface area (Å²) in [6, 6.07) is 0. The SMILES string of the molecule is CCN(CC)[P+](N1CCOCC1)(N1CCOCC1)N1CCOCC1. The quantitative estimate of drug-likeness (QED) is 0.654. The molecule has 140 valence electrons. The molecule has 3 aliphatic heterocycles. The van der Waals surface area contributed by atoms with Gasteiger partial charge in [0.05, 0.1) is 78.9 Å². The monoisotopic (exact) mass is 361 g/mol. The van der Waals surface area contributed by atoms with Crippen molar-refractivity contribution in [3.05, 3.63) is 0 Å². The number of nitrogens with zero attached hydrogens (tertiary/aromatic N) is 4. The van der Waals surface area contributed by atoms with Crippen LogP contribution in [0.2, 0.25) is 0 Å². The van der Waals surface area contributed by atoms with Crippen LogP contribution in [0.1, 0.15) is 13.8 Å². The van der Waals surface area contributed by atoms with E-state index in [2.05, 4.69) is 32.5 Å². The number of hydrogen-bond donors (Lipinski definition) is 0. The second-order valence-corrected chi connectivity index (χ2v) is 9.71. The third-order valence-corrected chi connectivity index (χ3v) is 10.0. The highest BCUT2D eigenvalue weighted by molar-refractivity contribution is 7.66. The van der Waals surface area contributed by atoms with E-state index in [1.807, 2.05) is 0 Å². The normalized spacial score (nSPS) is 26.1. The molecule has 0 N–H and O–H groups in total. The summed E-state index contributed by atoms with van der Waals surface area (Å²) >= 11 is 0. The van der Waals surface area contributed by atoms with Crippen molar-refractivity contribution in [2.24, 2.45) is 0 Å². The van der Waals surface area contributed by atoms with Crippen molar-refractivity contribution >= 4 is 7.87 Å². The fraction of sp³-hybridized carbons (Fsp3) is 1.00. The number of hydrogen-bond acceptors (Lipinski definition) is 7. The van der Waals surface area contributed by atoms with Gasteiger partial charge in [-0.3, -0.25) is 0 Å². The number of morpholine rings is 3. The molecule has 0 aromatic heterocycles. The molecular weight excluding hydrogens is 327 g/mol. The molecule has 0 atom stereocenters. The van der Waals surface area contributed by atoms with Gasteiger partial charge in [-0.05, 0) is 13.8 Å². The first-order chi connectivity index (χ1) is 11.8. The molecule has 0 spiro atoms. The highest BCUT2D eigenvalue weighted by atomic mass is 31.2. The van der Waals surface area contributed by atoms with E-state index in [1.54, 1.807) is 0 Å². The molecule has 0 bridgehead atoms. The lowest BCUT2D eigenvalue weighted by molar-refractivity contribution is 0.0263. The molecule has 0 radical (unpaired) electrons. The van der Waals surface area contributed by atoms with Crippen molar-refractivity contribution in [2.45, 2.75) is 13.8 Å². The van der Waals surface area contributed by atoms with Crippen LogP contribution in [0, 0.1) is 0 Å². The lowest BCUT2D eigenvalue weighted by Gasteiger charge is -2.53. The summed E-state index contributed by atoms with van der Waals surface area (Å²) in [5.74, 6) is 0. The van der Waals surface area contributed by atoms with E-state index < -0.39 is 7.87 Å². The van der Waals surface area contributed by atoms with Crippen molar-refractivity contribution in [1.29, 1.82) is 0 Å². The number of ether oxygens (including phenoxy) is 3. The second kappa shape index (κ2) is 9.19. The van der Waals surface area contributed by atoms with E-state index in [0.717, 1.165) is 92.0 Å². The summed E-state index contributed by atoms with van der Waals surface area (Å²) in [6.45, 7) is 18.0. The molecule has 3 fully saturated rings. The van der Waals surface area contributed by atoms with Crippen LogP contribution >= 0.6 is 7.87 Å². The van der Waals surface area contributed by atoms with Gasteiger partial charge in [-0.2, -0.15) is 0 Å². The maximum atomic E-state index is 5.69. The van der Waals surface area contributed by atoms with Crippen LogP contribution in [0.4, 0.5) is 0 Å². The number of rotatable bonds is 6. The van der Waals surface area contributed by atoms with Gasteiger partial charge in [-0.15, -0.1) is 18.7 Å². The van der Waals surface area contributed by atoms with Crippen LogP contribution in [0.3, 0.4) is 0 Å². The predicted octanol–water partition coefficient (Wildman–Crippen LogP) is 1.00. The van der Waals surface area contributed by atoms with Crippen molar-refractivity contribution in [2.75, 3.05) is 92.0 Å². The van der Waals surface area contributed by atoms with E-state index in [9.17, 15) is 0 Å². The van der Waals surface area contributed by atoms with Gasteiger partial charge in [-0.25, -0.2) is 0 Å². The highest BCUT2D eigenvalue weighted by Crippen LogP contribution is 2.70. The van der Waals surface area contributed by atoms with E-state index in [0.29, 0.717) is 0 Å². The van der Waals surface area contributed by atoms with Crippen molar-refractivity contribution in [1.82, 2.24) is 18.7 Å².